The zero-order valence-corrected chi connectivity index (χ0v) is 13.0. The number of carbonyl (C=O) groups excluding carboxylic acids is 1. The van der Waals surface area contributed by atoms with Crippen molar-refractivity contribution < 1.29 is 4.79 Å². The lowest BCUT2D eigenvalue weighted by Gasteiger charge is -2.29. The third kappa shape index (κ3) is 3.73. The number of nitrogens with zero attached hydrogens (tertiary/aromatic N) is 1. The van der Waals surface area contributed by atoms with Gasteiger partial charge in [-0.3, -0.25) is 4.79 Å². The molecule has 0 unspecified atom stereocenters. The highest BCUT2D eigenvalue weighted by Gasteiger charge is 2.21. The van der Waals surface area contributed by atoms with Crippen LogP contribution in [0.1, 0.15) is 38.1 Å². The van der Waals surface area contributed by atoms with Crippen molar-refractivity contribution in [1.29, 1.82) is 0 Å². The highest BCUT2D eigenvalue weighted by Crippen LogP contribution is 2.22. The molecule has 0 aliphatic rings. The number of amides is 1. The second kappa shape index (κ2) is 6.23. The molecule has 0 aliphatic heterocycles. The molecule has 0 bridgehead atoms. The summed E-state index contributed by atoms with van der Waals surface area (Å²) in [4.78, 5) is 14.4. The van der Waals surface area contributed by atoms with Crippen molar-refractivity contribution in [3.05, 3.63) is 28.2 Å². The first-order valence-electron chi connectivity index (χ1n) is 6.19. The standard InChI is InChI=1S/C14H21BrN2O/c1-9(2)8-17(10(3)4)14(18)12-7-11(16)5-6-13(12)15/h5-7,9-10H,8,16H2,1-4H3. The Morgan fingerprint density at radius 1 is 1.33 bits per heavy atom. The summed E-state index contributed by atoms with van der Waals surface area (Å²) in [6, 6.07) is 5.50. The van der Waals surface area contributed by atoms with Crippen molar-refractivity contribution in [2.45, 2.75) is 33.7 Å². The van der Waals surface area contributed by atoms with Gasteiger partial charge < -0.3 is 10.6 Å². The third-order valence-corrected chi connectivity index (χ3v) is 3.36. The summed E-state index contributed by atoms with van der Waals surface area (Å²) >= 11 is 3.41. The SMILES string of the molecule is CC(C)CN(C(=O)c1cc(N)ccc1Br)C(C)C. The maximum atomic E-state index is 12.5. The van der Waals surface area contributed by atoms with Gasteiger partial charge in [0.1, 0.15) is 0 Å². The monoisotopic (exact) mass is 312 g/mol. The lowest BCUT2D eigenvalue weighted by atomic mass is 10.1. The molecule has 2 N–H and O–H groups in total. The van der Waals surface area contributed by atoms with E-state index in [1.807, 2.05) is 24.8 Å². The molecule has 100 valence electrons. The first kappa shape index (κ1) is 15.0. The normalized spacial score (nSPS) is 11.1. The van der Waals surface area contributed by atoms with Crippen LogP contribution in [-0.4, -0.2) is 23.4 Å². The fourth-order valence-electron chi connectivity index (χ4n) is 1.78. The Labute approximate surface area is 117 Å². The molecule has 0 saturated heterocycles. The first-order chi connectivity index (χ1) is 8.32. The molecule has 0 saturated carbocycles. The minimum atomic E-state index is 0.0258. The van der Waals surface area contributed by atoms with Gasteiger partial charge in [0.2, 0.25) is 0 Å². The van der Waals surface area contributed by atoms with Crippen molar-refractivity contribution in [3.63, 3.8) is 0 Å². The molecular formula is C14H21BrN2O. The highest BCUT2D eigenvalue weighted by molar-refractivity contribution is 9.10. The van der Waals surface area contributed by atoms with Gasteiger partial charge in [0, 0.05) is 22.7 Å². The van der Waals surface area contributed by atoms with Crippen LogP contribution in [0.3, 0.4) is 0 Å². The Balaban J connectivity index is 3.05. The predicted molar refractivity (Wildman–Crippen MR) is 79.6 cm³/mol. The Hall–Kier alpha value is -1.03. The number of nitrogens with two attached hydrogens (primary N) is 1. The van der Waals surface area contributed by atoms with Crippen molar-refractivity contribution in [1.82, 2.24) is 4.90 Å². The number of anilines is 1. The summed E-state index contributed by atoms with van der Waals surface area (Å²) in [7, 11) is 0. The van der Waals surface area contributed by atoms with E-state index in [4.69, 9.17) is 5.73 Å². The second-order valence-electron chi connectivity index (χ2n) is 5.18. The van der Waals surface area contributed by atoms with Gasteiger partial charge >= 0.3 is 0 Å². The number of benzene rings is 1. The van der Waals surface area contributed by atoms with E-state index in [2.05, 4.69) is 29.8 Å². The van der Waals surface area contributed by atoms with Crippen LogP contribution in [0.15, 0.2) is 22.7 Å². The summed E-state index contributed by atoms with van der Waals surface area (Å²) in [5, 5.41) is 0. The molecule has 0 heterocycles. The fraction of sp³-hybridized carbons (Fsp3) is 0.500. The van der Waals surface area contributed by atoms with Crippen LogP contribution in [-0.2, 0) is 0 Å². The topological polar surface area (TPSA) is 46.3 Å². The van der Waals surface area contributed by atoms with E-state index in [0.29, 0.717) is 17.2 Å². The van der Waals surface area contributed by atoms with Crippen LogP contribution < -0.4 is 5.73 Å². The van der Waals surface area contributed by atoms with E-state index >= 15 is 0 Å². The number of carbonyl (C=O) groups is 1. The lowest BCUT2D eigenvalue weighted by Crippen LogP contribution is -2.39. The molecule has 0 fully saturated rings. The fourth-order valence-corrected chi connectivity index (χ4v) is 2.20. The van der Waals surface area contributed by atoms with Gasteiger partial charge in [-0.1, -0.05) is 13.8 Å². The molecule has 3 nitrogen and oxygen atoms in total. The van der Waals surface area contributed by atoms with Crippen LogP contribution in [0, 0.1) is 5.92 Å². The average molecular weight is 313 g/mol. The average Bonchev–Trinajstić information content (AvgIpc) is 2.27. The zero-order valence-electron chi connectivity index (χ0n) is 11.4. The minimum Gasteiger partial charge on any atom is -0.399 e. The summed E-state index contributed by atoms with van der Waals surface area (Å²) in [5.74, 6) is 0.467. The molecule has 4 heteroatoms. The second-order valence-corrected chi connectivity index (χ2v) is 6.04. The number of halogens is 1. The molecule has 0 aromatic heterocycles. The van der Waals surface area contributed by atoms with Crippen LogP contribution >= 0.6 is 15.9 Å². The quantitative estimate of drug-likeness (QED) is 0.864. The Bertz CT molecular complexity index is 430. The smallest absolute Gasteiger partial charge is 0.255 e. The van der Waals surface area contributed by atoms with E-state index in [1.165, 1.54) is 0 Å². The number of rotatable bonds is 4. The van der Waals surface area contributed by atoms with Crippen molar-refractivity contribution >= 4 is 27.5 Å². The van der Waals surface area contributed by atoms with Gasteiger partial charge in [-0.05, 0) is 53.9 Å². The number of nitrogen functional groups attached to an aromatic ring is 1. The maximum absolute atomic E-state index is 12.5. The van der Waals surface area contributed by atoms with E-state index < -0.39 is 0 Å². The van der Waals surface area contributed by atoms with Crippen molar-refractivity contribution in [2.24, 2.45) is 5.92 Å². The van der Waals surface area contributed by atoms with E-state index in [9.17, 15) is 4.79 Å². The predicted octanol–water partition coefficient (Wildman–Crippen LogP) is 3.54. The van der Waals surface area contributed by atoms with Gasteiger partial charge in [0.15, 0.2) is 0 Å². The Kier molecular flexibility index (Phi) is 5.20. The molecule has 1 aromatic rings. The Morgan fingerprint density at radius 3 is 2.44 bits per heavy atom. The van der Waals surface area contributed by atoms with Gasteiger partial charge in [-0.15, -0.1) is 0 Å². The van der Waals surface area contributed by atoms with Gasteiger partial charge in [0.05, 0.1) is 5.56 Å². The van der Waals surface area contributed by atoms with Gasteiger partial charge in [0.25, 0.3) is 5.91 Å². The maximum Gasteiger partial charge on any atom is 0.255 e. The van der Waals surface area contributed by atoms with E-state index in [1.54, 1.807) is 12.1 Å². The molecule has 0 atom stereocenters. The highest BCUT2D eigenvalue weighted by atomic mass is 79.9. The largest absolute Gasteiger partial charge is 0.399 e. The minimum absolute atomic E-state index is 0.0258. The van der Waals surface area contributed by atoms with E-state index in [0.717, 1.165) is 11.0 Å². The zero-order chi connectivity index (χ0) is 13.9. The van der Waals surface area contributed by atoms with Crippen molar-refractivity contribution in [2.75, 3.05) is 12.3 Å². The molecule has 1 aromatic carbocycles. The Morgan fingerprint density at radius 2 is 1.94 bits per heavy atom. The van der Waals surface area contributed by atoms with Crippen LogP contribution in [0.2, 0.25) is 0 Å². The molecule has 1 rings (SSSR count). The van der Waals surface area contributed by atoms with E-state index in [-0.39, 0.29) is 11.9 Å². The van der Waals surface area contributed by atoms with Crippen LogP contribution in [0.25, 0.3) is 0 Å². The number of hydrogen-bond acceptors (Lipinski definition) is 2. The summed E-state index contributed by atoms with van der Waals surface area (Å²) in [6.07, 6.45) is 0. The summed E-state index contributed by atoms with van der Waals surface area (Å²) in [6.45, 7) is 9.02. The van der Waals surface area contributed by atoms with Crippen LogP contribution in [0.5, 0.6) is 0 Å². The molecule has 18 heavy (non-hydrogen) atoms. The lowest BCUT2D eigenvalue weighted by molar-refractivity contribution is 0.0681. The summed E-state index contributed by atoms with van der Waals surface area (Å²) in [5.41, 5.74) is 6.99. The van der Waals surface area contributed by atoms with Gasteiger partial charge in [-0.25, -0.2) is 0 Å². The molecule has 0 spiro atoms. The van der Waals surface area contributed by atoms with Crippen molar-refractivity contribution in [3.8, 4) is 0 Å². The molecular weight excluding hydrogens is 292 g/mol. The molecule has 0 aliphatic carbocycles. The molecule has 0 radical (unpaired) electrons. The molecule has 1 amide bonds. The first-order valence-corrected chi connectivity index (χ1v) is 6.98. The third-order valence-electron chi connectivity index (χ3n) is 2.67. The summed E-state index contributed by atoms with van der Waals surface area (Å²) < 4.78 is 0.788. The van der Waals surface area contributed by atoms with Gasteiger partial charge in [-0.2, -0.15) is 0 Å². The van der Waals surface area contributed by atoms with Crippen LogP contribution in [0.4, 0.5) is 5.69 Å². The number of hydrogen-bond donors (Lipinski definition) is 1.